The summed E-state index contributed by atoms with van der Waals surface area (Å²) in [6, 6.07) is 3.49. The summed E-state index contributed by atoms with van der Waals surface area (Å²) in [5, 5.41) is 2.53. The first-order valence-electron chi connectivity index (χ1n) is 7.74. The number of aromatic nitrogens is 2. The summed E-state index contributed by atoms with van der Waals surface area (Å²) < 4.78 is 7.34. The number of anilines is 1. The van der Waals surface area contributed by atoms with Gasteiger partial charge in [-0.25, -0.2) is 4.79 Å². The summed E-state index contributed by atoms with van der Waals surface area (Å²) in [6.07, 6.45) is 2.87. The highest BCUT2D eigenvalue weighted by molar-refractivity contribution is 5.96. The summed E-state index contributed by atoms with van der Waals surface area (Å²) in [5.41, 5.74) is -1.07. The summed E-state index contributed by atoms with van der Waals surface area (Å²) in [6.45, 7) is 0.550. The highest BCUT2D eigenvalue weighted by Crippen LogP contribution is 2.21. The van der Waals surface area contributed by atoms with Gasteiger partial charge in [0, 0.05) is 33.3 Å². The molecule has 0 spiro atoms. The zero-order valence-electron chi connectivity index (χ0n) is 13.9. The lowest BCUT2D eigenvalue weighted by atomic mass is 10.1. The molecule has 0 unspecified atom stereocenters. The molecular formula is C16H18N4O5. The number of amides is 2. The maximum absolute atomic E-state index is 12.4. The van der Waals surface area contributed by atoms with Crippen LogP contribution in [0, 0.1) is 5.92 Å². The molecule has 1 fully saturated rings. The number of nitrogens with one attached hydrogen (secondary N) is 1. The van der Waals surface area contributed by atoms with Crippen LogP contribution in [0.25, 0.3) is 0 Å². The number of carbonyl (C=O) groups is 2. The fourth-order valence-corrected chi connectivity index (χ4v) is 2.82. The first kappa shape index (κ1) is 16.7. The van der Waals surface area contributed by atoms with E-state index in [1.165, 1.54) is 31.1 Å². The van der Waals surface area contributed by atoms with Gasteiger partial charge in [-0.15, -0.1) is 0 Å². The van der Waals surface area contributed by atoms with Crippen molar-refractivity contribution in [2.45, 2.75) is 13.0 Å². The van der Waals surface area contributed by atoms with Crippen molar-refractivity contribution >= 4 is 17.5 Å². The van der Waals surface area contributed by atoms with Gasteiger partial charge in [-0.3, -0.25) is 19.0 Å². The number of likely N-dealkylation sites (tertiary alicyclic amines) is 1. The number of furan rings is 1. The summed E-state index contributed by atoms with van der Waals surface area (Å²) in [4.78, 5) is 49.8. The van der Waals surface area contributed by atoms with Crippen LogP contribution in [0.2, 0.25) is 0 Å². The van der Waals surface area contributed by atoms with Crippen LogP contribution >= 0.6 is 0 Å². The van der Waals surface area contributed by atoms with Crippen LogP contribution in [0.4, 0.5) is 5.69 Å². The third-order valence-electron chi connectivity index (χ3n) is 4.22. The van der Waals surface area contributed by atoms with E-state index < -0.39 is 23.1 Å². The average molecular weight is 346 g/mol. The van der Waals surface area contributed by atoms with Crippen molar-refractivity contribution in [2.75, 3.05) is 11.9 Å². The molecule has 132 valence electrons. The SMILES string of the molecule is Cn1cc(NC(=O)[C@@H]2CC(=O)N(Cc3ccco3)C2)c(=O)n(C)c1=O. The van der Waals surface area contributed by atoms with E-state index in [1.807, 2.05) is 0 Å². The van der Waals surface area contributed by atoms with Crippen molar-refractivity contribution in [3.05, 3.63) is 51.2 Å². The van der Waals surface area contributed by atoms with E-state index in [4.69, 9.17) is 4.42 Å². The Morgan fingerprint density at radius 2 is 2.08 bits per heavy atom. The minimum absolute atomic E-state index is 0.00605. The number of aryl methyl sites for hydroxylation is 1. The molecule has 2 amide bonds. The molecule has 3 heterocycles. The predicted molar refractivity (Wildman–Crippen MR) is 87.8 cm³/mol. The minimum atomic E-state index is -0.590. The summed E-state index contributed by atoms with van der Waals surface area (Å²) in [7, 11) is 2.83. The van der Waals surface area contributed by atoms with E-state index in [9.17, 15) is 19.2 Å². The van der Waals surface area contributed by atoms with Gasteiger partial charge in [-0.2, -0.15) is 0 Å². The first-order chi connectivity index (χ1) is 11.9. The Kier molecular flexibility index (Phi) is 4.30. The second-order valence-corrected chi connectivity index (χ2v) is 6.04. The van der Waals surface area contributed by atoms with Crippen LogP contribution in [-0.4, -0.2) is 32.4 Å². The van der Waals surface area contributed by atoms with E-state index in [0.29, 0.717) is 12.3 Å². The maximum Gasteiger partial charge on any atom is 0.330 e. The zero-order chi connectivity index (χ0) is 18.1. The first-order valence-corrected chi connectivity index (χ1v) is 7.74. The van der Waals surface area contributed by atoms with Crippen molar-refractivity contribution in [1.29, 1.82) is 0 Å². The van der Waals surface area contributed by atoms with Crippen molar-refractivity contribution < 1.29 is 14.0 Å². The maximum atomic E-state index is 12.4. The van der Waals surface area contributed by atoms with Gasteiger partial charge in [0.25, 0.3) is 5.56 Å². The lowest BCUT2D eigenvalue weighted by molar-refractivity contribution is -0.128. The highest BCUT2D eigenvalue weighted by Gasteiger charge is 2.35. The van der Waals surface area contributed by atoms with E-state index in [1.54, 1.807) is 17.0 Å². The molecule has 1 aliphatic rings. The average Bonchev–Trinajstić information content (AvgIpc) is 3.21. The van der Waals surface area contributed by atoms with E-state index in [2.05, 4.69) is 5.32 Å². The molecule has 9 heteroatoms. The number of carbonyl (C=O) groups excluding carboxylic acids is 2. The van der Waals surface area contributed by atoms with Gasteiger partial charge in [0.2, 0.25) is 11.8 Å². The van der Waals surface area contributed by atoms with Gasteiger partial charge >= 0.3 is 5.69 Å². The standard InChI is InChI=1S/C16H18N4O5/c1-18-9-12(15(23)19(2)16(18)24)17-14(22)10-6-13(21)20(7-10)8-11-4-3-5-25-11/h3-5,9-10H,6-8H2,1-2H3,(H,17,22)/t10-/m1/s1. The lowest BCUT2D eigenvalue weighted by Crippen LogP contribution is -2.39. The fourth-order valence-electron chi connectivity index (χ4n) is 2.82. The Morgan fingerprint density at radius 1 is 1.32 bits per heavy atom. The number of hydrogen-bond donors (Lipinski definition) is 1. The van der Waals surface area contributed by atoms with Gasteiger partial charge in [0.15, 0.2) is 0 Å². The van der Waals surface area contributed by atoms with Gasteiger partial charge < -0.3 is 19.2 Å². The quantitative estimate of drug-likeness (QED) is 0.815. The monoisotopic (exact) mass is 346 g/mol. The Morgan fingerprint density at radius 3 is 2.76 bits per heavy atom. The fraction of sp³-hybridized carbons (Fsp3) is 0.375. The van der Waals surface area contributed by atoms with Crippen LogP contribution in [-0.2, 0) is 30.2 Å². The van der Waals surface area contributed by atoms with E-state index in [-0.39, 0.29) is 24.6 Å². The van der Waals surface area contributed by atoms with Crippen molar-refractivity contribution in [3.63, 3.8) is 0 Å². The number of nitrogens with zero attached hydrogens (tertiary/aromatic N) is 3. The van der Waals surface area contributed by atoms with Crippen molar-refractivity contribution in [2.24, 2.45) is 20.0 Å². The van der Waals surface area contributed by atoms with Crippen LogP contribution in [0.15, 0.2) is 38.6 Å². The smallest absolute Gasteiger partial charge is 0.330 e. The topological polar surface area (TPSA) is 107 Å². The molecule has 0 radical (unpaired) electrons. The van der Waals surface area contributed by atoms with Crippen LogP contribution < -0.4 is 16.6 Å². The Balaban J connectivity index is 1.71. The molecule has 0 saturated carbocycles. The number of rotatable bonds is 4. The molecule has 1 aliphatic heterocycles. The summed E-state index contributed by atoms with van der Waals surface area (Å²) in [5.74, 6) is -0.498. The molecule has 2 aromatic rings. The molecule has 0 bridgehead atoms. The second-order valence-electron chi connectivity index (χ2n) is 6.04. The Hall–Kier alpha value is -3.10. The summed E-state index contributed by atoms with van der Waals surface area (Å²) >= 11 is 0. The molecule has 2 aromatic heterocycles. The van der Waals surface area contributed by atoms with E-state index >= 15 is 0 Å². The van der Waals surface area contributed by atoms with Crippen molar-refractivity contribution in [3.8, 4) is 0 Å². The van der Waals surface area contributed by atoms with Crippen LogP contribution in [0.5, 0.6) is 0 Å². The molecule has 25 heavy (non-hydrogen) atoms. The molecule has 1 N–H and O–H groups in total. The Bertz CT molecular complexity index is 925. The molecule has 3 rings (SSSR count). The number of hydrogen-bond acceptors (Lipinski definition) is 5. The lowest BCUT2D eigenvalue weighted by Gasteiger charge is -2.15. The third kappa shape index (κ3) is 3.25. The Labute approximate surface area is 142 Å². The van der Waals surface area contributed by atoms with Crippen molar-refractivity contribution in [1.82, 2.24) is 14.0 Å². The third-order valence-corrected chi connectivity index (χ3v) is 4.22. The van der Waals surface area contributed by atoms with Crippen LogP contribution in [0.1, 0.15) is 12.2 Å². The van der Waals surface area contributed by atoms with Crippen LogP contribution in [0.3, 0.4) is 0 Å². The van der Waals surface area contributed by atoms with Gasteiger partial charge in [-0.05, 0) is 12.1 Å². The minimum Gasteiger partial charge on any atom is -0.467 e. The second kappa shape index (κ2) is 6.42. The van der Waals surface area contributed by atoms with Gasteiger partial charge in [0.1, 0.15) is 11.4 Å². The molecule has 9 nitrogen and oxygen atoms in total. The van der Waals surface area contributed by atoms with E-state index in [0.717, 1.165) is 4.57 Å². The predicted octanol–water partition coefficient (Wildman–Crippen LogP) is -0.336. The zero-order valence-corrected chi connectivity index (χ0v) is 13.9. The van der Waals surface area contributed by atoms with Gasteiger partial charge in [0.05, 0.1) is 18.7 Å². The van der Waals surface area contributed by atoms with Gasteiger partial charge in [-0.1, -0.05) is 0 Å². The normalized spacial score (nSPS) is 17.1. The highest BCUT2D eigenvalue weighted by atomic mass is 16.3. The molecule has 1 atom stereocenters. The molecule has 0 aliphatic carbocycles. The largest absolute Gasteiger partial charge is 0.467 e. The molecule has 1 saturated heterocycles. The molecule has 0 aromatic carbocycles. The molecular weight excluding hydrogens is 328 g/mol.